The molecule has 6 nitrogen and oxygen atoms in total. The van der Waals surface area contributed by atoms with Crippen LogP contribution in [-0.4, -0.2) is 27.1 Å². The van der Waals surface area contributed by atoms with Crippen LogP contribution in [0.4, 0.5) is 0 Å². The van der Waals surface area contributed by atoms with Crippen LogP contribution in [0.3, 0.4) is 0 Å². The highest BCUT2D eigenvalue weighted by Gasteiger charge is 2.31. The summed E-state index contributed by atoms with van der Waals surface area (Å²) in [6, 6.07) is 4.26. The molecule has 1 unspecified atom stereocenters. The Morgan fingerprint density at radius 2 is 2.28 bits per heavy atom. The Labute approximate surface area is 105 Å². The number of carbonyl (C=O) groups is 1. The molecule has 1 aromatic rings. The van der Waals surface area contributed by atoms with E-state index in [9.17, 15) is 13.2 Å². The topological polar surface area (TPSA) is 95.7 Å². The molecule has 0 saturated carbocycles. The van der Waals surface area contributed by atoms with Crippen molar-refractivity contribution in [2.24, 2.45) is 5.14 Å². The van der Waals surface area contributed by atoms with Gasteiger partial charge in [-0.2, -0.15) is 0 Å². The van der Waals surface area contributed by atoms with Gasteiger partial charge in [0.1, 0.15) is 5.75 Å². The maximum atomic E-state index is 11.5. The van der Waals surface area contributed by atoms with Gasteiger partial charge in [0.15, 0.2) is 6.10 Å². The van der Waals surface area contributed by atoms with Crippen LogP contribution in [0.1, 0.15) is 12.5 Å². The zero-order valence-electron chi connectivity index (χ0n) is 9.75. The predicted octanol–water partition coefficient (Wildman–Crippen LogP) is 0.201. The monoisotopic (exact) mass is 271 g/mol. The first-order valence-corrected chi connectivity index (χ1v) is 6.95. The van der Waals surface area contributed by atoms with E-state index in [4.69, 9.17) is 14.6 Å². The second-order valence-corrected chi connectivity index (χ2v) is 5.44. The van der Waals surface area contributed by atoms with Gasteiger partial charge in [-0.25, -0.2) is 18.4 Å². The second-order valence-electron chi connectivity index (χ2n) is 3.88. The highest BCUT2D eigenvalue weighted by Crippen LogP contribution is 2.31. The maximum absolute atomic E-state index is 11.5. The van der Waals surface area contributed by atoms with Crippen molar-refractivity contribution < 1.29 is 22.7 Å². The standard InChI is InChI=1S/C11H13NO5S/c1-2-16-11(13)10-6-7-5-8(18(12,14)15)3-4-9(7)17-10/h3-5,10H,2,6H2,1H3,(H2,12,14,15). The number of hydrogen-bond donors (Lipinski definition) is 1. The number of esters is 1. The highest BCUT2D eigenvalue weighted by molar-refractivity contribution is 7.89. The average molecular weight is 271 g/mol. The van der Waals surface area contributed by atoms with E-state index in [0.717, 1.165) is 0 Å². The molecule has 0 amide bonds. The number of fused-ring (bicyclic) bond motifs is 1. The Morgan fingerprint density at radius 1 is 1.56 bits per heavy atom. The van der Waals surface area contributed by atoms with Gasteiger partial charge < -0.3 is 9.47 Å². The summed E-state index contributed by atoms with van der Waals surface area (Å²) in [7, 11) is -3.74. The molecule has 7 heteroatoms. The first-order chi connectivity index (χ1) is 8.41. The zero-order valence-corrected chi connectivity index (χ0v) is 10.6. The first kappa shape index (κ1) is 12.8. The van der Waals surface area contributed by atoms with E-state index in [2.05, 4.69) is 0 Å². The zero-order chi connectivity index (χ0) is 13.3. The van der Waals surface area contributed by atoms with Crippen molar-refractivity contribution in [3.05, 3.63) is 23.8 Å². The third kappa shape index (κ3) is 2.46. The van der Waals surface area contributed by atoms with Gasteiger partial charge in [-0.05, 0) is 30.7 Å². The van der Waals surface area contributed by atoms with E-state index in [-0.39, 0.29) is 17.9 Å². The van der Waals surface area contributed by atoms with Gasteiger partial charge in [0, 0.05) is 6.42 Å². The number of primary sulfonamides is 1. The normalized spacial score (nSPS) is 18.0. The van der Waals surface area contributed by atoms with Gasteiger partial charge in [-0.15, -0.1) is 0 Å². The molecule has 0 bridgehead atoms. The Kier molecular flexibility index (Phi) is 3.27. The van der Waals surface area contributed by atoms with E-state index in [1.165, 1.54) is 18.2 Å². The number of ether oxygens (including phenoxy) is 2. The van der Waals surface area contributed by atoms with Gasteiger partial charge in [0.25, 0.3) is 0 Å². The quantitative estimate of drug-likeness (QED) is 0.792. The van der Waals surface area contributed by atoms with Gasteiger partial charge in [-0.3, -0.25) is 0 Å². The molecule has 98 valence electrons. The largest absolute Gasteiger partial charge is 0.478 e. The maximum Gasteiger partial charge on any atom is 0.347 e. The van der Waals surface area contributed by atoms with Crippen molar-refractivity contribution in [3.8, 4) is 5.75 Å². The number of benzene rings is 1. The number of rotatable bonds is 3. The minimum Gasteiger partial charge on any atom is -0.478 e. The lowest BCUT2D eigenvalue weighted by atomic mass is 10.1. The third-order valence-electron chi connectivity index (χ3n) is 2.58. The molecule has 1 heterocycles. The van der Waals surface area contributed by atoms with Crippen molar-refractivity contribution in [1.29, 1.82) is 0 Å². The lowest BCUT2D eigenvalue weighted by Crippen LogP contribution is -2.27. The number of sulfonamides is 1. The van der Waals surface area contributed by atoms with Crippen LogP contribution >= 0.6 is 0 Å². The highest BCUT2D eigenvalue weighted by atomic mass is 32.2. The van der Waals surface area contributed by atoms with Crippen molar-refractivity contribution in [3.63, 3.8) is 0 Å². The number of nitrogens with two attached hydrogens (primary N) is 1. The number of hydrogen-bond acceptors (Lipinski definition) is 5. The summed E-state index contributed by atoms with van der Waals surface area (Å²) in [5, 5.41) is 5.03. The van der Waals surface area contributed by atoms with E-state index in [0.29, 0.717) is 11.3 Å². The van der Waals surface area contributed by atoms with Crippen LogP contribution in [0.25, 0.3) is 0 Å². The Bertz CT molecular complexity index is 581. The van der Waals surface area contributed by atoms with Crippen LogP contribution < -0.4 is 9.88 Å². The molecule has 1 aliphatic heterocycles. The molecule has 2 rings (SSSR count). The fourth-order valence-corrected chi connectivity index (χ4v) is 2.33. The van der Waals surface area contributed by atoms with E-state index >= 15 is 0 Å². The van der Waals surface area contributed by atoms with Crippen molar-refractivity contribution in [2.45, 2.75) is 24.3 Å². The summed E-state index contributed by atoms with van der Waals surface area (Å²) < 4.78 is 32.6. The molecule has 0 aromatic heterocycles. The molecule has 0 fully saturated rings. The smallest absolute Gasteiger partial charge is 0.347 e. The van der Waals surface area contributed by atoms with E-state index in [1.54, 1.807) is 6.92 Å². The molecule has 0 saturated heterocycles. The number of carbonyl (C=O) groups excluding carboxylic acids is 1. The van der Waals surface area contributed by atoms with Gasteiger partial charge in [0.05, 0.1) is 11.5 Å². The lowest BCUT2D eigenvalue weighted by molar-refractivity contribution is -0.150. The second kappa shape index (κ2) is 4.58. The molecule has 18 heavy (non-hydrogen) atoms. The van der Waals surface area contributed by atoms with Crippen molar-refractivity contribution >= 4 is 16.0 Å². The SMILES string of the molecule is CCOC(=O)C1Cc2cc(S(N)(=O)=O)ccc2O1. The summed E-state index contributed by atoms with van der Waals surface area (Å²) in [6.45, 7) is 1.98. The molecule has 1 atom stereocenters. The third-order valence-corrected chi connectivity index (χ3v) is 3.50. The summed E-state index contributed by atoms with van der Waals surface area (Å²) >= 11 is 0. The predicted molar refractivity (Wildman–Crippen MR) is 62.6 cm³/mol. The molecule has 0 radical (unpaired) electrons. The van der Waals surface area contributed by atoms with E-state index < -0.39 is 22.1 Å². The lowest BCUT2D eigenvalue weighted by Gasteiger charge is -2.08. The molecule has 1 aromatic carbocycles. The molecule has 1 aliphatic rings. The van der Waals surface area contributed by atoms with Crippen LogP contribution in [-0.2, 0) is 26.0 Å². The fourth-order valence-electron chi connectivity index (χ4n) is 1.77. The average Bonchev–Trinajstić information content (AvgIpc) is 2.70. The van der Waals surface area contributed by atoms with E-state index in [1.807, 2.05) is 0 Å². The Hall–Kier alpha value is -1.60. The summed E-state index contributed by atoms with van der Waals surface area (Å²) in [5.41, 5.74) is 0.638. The van der Waals surface area contributed by atoms with Gasteiger partial charge in [0.2, 0.25) is 10.0 Å². The molecule has 0 spiro atoms. The van der Waals surface area contributed by atoms with Crippen LogP contribution in [0.2, 0.25) is 0 Å². The van der Waals surface area contributed by atoms with Crippen LogP contribution in [0.15, 0.2) is 23.1 Å². The Balaban J connectivity index is 2.23. The molecule has 2 N–H and O–H groups in total. The minimum atomic E-state index is -3.74. The van der Waals surface area contributed by atoms with Gasteiger partial charge >= 0.3 is 5.97 Å². The van der Waals surface area contributed by atoms with Crippen LogP contribution in [0.5, 0.6) is 5.75 Å². The minimum absolute atomic E-state index is 0.00867. The molecular formula is C11H13NO5S. The Morgan fingerprint density at radius 3 is 2.89 bits per heavy atom. The summed E-state index contributed by atoms with van der Waals surface area (Å²) in [5.74, 6) is 0.0336. The first-order valence-electron chi connectivity index (χ1n) is 5.41. The fraction of sp³-hybridized carbons (Fsp3) is 0.364. The van der Waals surface area contributed by atoms with Crippen molar-refractivity contribution in [1.82, 2.24) is 0 Å². The van der Waals surface area contributed by atoms with Crippen LogP contribution in [0, 0.1) is 0 Å². The molecule has 0 aliphatic carbocycles. The summed E-state index contributed by atoms with van der Waals surface area (Å²) in [4.78, 5) is 11.5. The molecular weight excluding hydrogens is 258 g/mol. The van der Waals surface area contributed by atoms with Gasteiger partial charge in [-0.1, -0.05) is 0 Å². The summed E-state index contributed by atoms with van der Waals surface area (Å²) in [6.07, 6.45) is -0.423. The van der Waals surface area contributed by atoms with Crippen molar-refractivity contribution in [2.75, 3.05) is 6.61 Å².